The third-order valence-electron chi connectivity index (χ3n) is 3.09. The minimum absolute atomic E-state index is 0.0190. The number of amides is 2. The van der Waals surface area contributed by atoms with Crippen molar-refractivity contribution in [3.05, 3.63) is 12.7 Å². The van der Waals surface area contributed by atoms with E-state index in [0.29, 0.717) is 13.0 Å². The van der Waals surface area contributed by atoms with Crippen LogP contribution in [0.15, 0.2) is 12.7 Å². The number of hydrogen-bond acceptors (Lipinski definition) is 2. The third kappa shape index (κ3) is 1.06. The number of nitrogens with one attached hydrogen (secondary N) is 1. The Morgan fingerprint density at radius 3 is 3.07 bits per heavy atom. The van der Waals surface area contributed by atoms with Gasteiger partial charge >= 0.3 is 0 Å². The van der Waals surface area contributed by atoms with E-state index in [2.05, 4.69) is 11.9 Å². The van der Waals surface area contributed by atoms with Crippen LogP contribution in [-0.2, 0) is 9.59 Å². The summed E-state index contributed by atoms with van der Waals surface area (Å²) < 4.78 is 0. The first-order valence-corrected chi connectivity index (χ1v) is 4.90. The van der Waals surface area contributed by atoms with Crippen molar-refractivity contribution < 1.29 is 9.59 Å². The molecule has 4 nitrogen and oxygen atoms in total. The van der Waals surface area contributed by atoms with Gasteiger partial charge in [0.15, 0.2) is 0 Å². The molecule has 0 aromatic carbocycles. The zero-order valence-electron chi connectivity index (χ0n) is 8.08. The summed E-state index contributed by atoms with van der Waals surface area (Å²) in [7, 11) is 0. The molecule has 0 radical (unpaired) electrons. The largest absolute Gasteiger partial charge is 0.345 e. The Morgan fingerprint density at radius 1 is 1.57 bits per heavy atom. The maximum atomic E-state index is 11.8. The zero-order valence-corrected chi connectivity index (χ0v) is 8.08. The van der Waals surface area contributed by atoms with Crippen molar-refractivity contribution in [2.75, 3.05) is 13.1 Å². The van der Waals surface area contributed by atoms with Crippen LogP contribution in [0, 0.1) is 0 Å². The van der Waals surface area contributed by atoms with Crippen LogP contribution in [0.25, 0.3) is 0 Å². The summed E-state index contributed by atoms with van der Waals surface area (Å²) in [6.45, 7) is 4.51. The summed E-state index contributed by atoms with van der Waals surface area (Å²) >= 11 is 0. The molecule has 0 bridgehead atoms. The van der Waals surface area contributed by atoms with E-state index in [1.165, 1.54) is 0 Å². The lowest BCUT2D eigenvalue weighted by Crippen LogP contribution is -2.64. The molecule has 2 aliphatic heterocycles. The Labute approximate surface area is 83.0 Å². The Kier molecular flexibility index (Phi) is 2.06. The number of rotatable bonds is 2. The van der Waals surface area contributed by atoms with E-state index in [-0.39, 0.29) is 18.4 Å². The van der Waals surface area contributed by atoms with Crippen LogP contribution in [0.5, 0.6) is 0 Å². The van der Waals surface area contributed by atoms with Crippen LogP contribution in [0.2, 0.25) is 0 Å². The molecule has 0 spiro atoms. The first-order valence-electron chi connectivity index (χ1n) is 4.90. The summed E-state index contributed by atoms with van der Waals surface area (Å²) in [6.07, 6.45) is 3.95. The van der Waals surface area contributed by atoms with Gasteiger partial charge < -0.3 is 10.2 Å². The maximum absolute atomic E-state index is 11.8. The first-order chi connectivity index (χ1) is 6.70. The van der Waals surface area contributed by atoms with Crippen molar-refractivity contribution in [2.45, 2.75) is 24.8 Å². The highest BCUT2D eigenvalue weighted by Gasteiger charge is 2.51. The van der Waals surface area contributed by atoms with Crippen LogP contribution >= 0.6 is 0 Å². The van der Waals surface area contributed by atoms with E-state index in [1.807, 2.05) is 0 Å². The van der Waals surface area contributed by atoms with Gasteiger partial charge in [-0.25, -0.2) is 0 Å². The van der Waals surface area contributed by atoms with Gasteiger partial charge in [-0.1, -0.05) is 6.08 Å². The molecular weight excluding hydrogens is 180 g/mol. The minimum Gasteiger partial charge on any atom is -0.345 e. The van der Waals surface area contributed by atoms with Crippen molar-refractivity contribution in [1.29, 1.82) is 0 Å². The van der Waals surface area contributed by atoms with E-state index in [1.54, 1.807) is 11.0 Å². The van der Waals surface area contributed by atoms with Crippen molar-refractivity contribution in [2.24, 2.45) is 0 Å². The first kappa shape index (κ1) is 9.24. The lowest BCUT2D eigenvalue weighted by molar-refractivity contribution is -0.150. The molecule has 2 rings (SSSR count). The highest BCUT2D eigenvalue weighted by molar-refractivity contribution is 5.98. The van der Waals surface area contributed by atoms with Crippen molar-refractivity contribution in [3.63, 3.8) is 0 Å². The number of hydrogen-bond donors (Lipinski definition) is 1. The molecule has 0 saturated carbocycles. The number of carbonyl (C=O) groups excluding carboxylic acids is 2. The summed E-state index contributed by atoms with van der Waals surface area (Å²) in [4.78, 5) is 25.1. The second-order valence-corrected chi connectivity index (χ2v) is 3.86. The smallest absolute Gasteiger partial charge is 0.246 e. The molecule has 2 amide bonds. The molecule has 0 aliphatic carbocycles. The molecule has 4 heteroatoms. The Bertz CT molecular complexity index is 300. The van der Waals surface area contributed by atoms with Crippen molar-refractivity contribution in [3.8, 4) is 0 Å². The van der Waals surface area contributed by atoms with Crippen LogP contribution in [0.1, 0.15) is 19.3 Å². The average molecular weight is 194 g/mol. The molecule has 76 valence electrons. The average Bonchev–Trinajstić information content (AvgIpc) is 2.58. The number of carbonyl (C=O) groups is 2. The molecule has 2 fully saturated rings. The van der Waals surface area contributed by atoms with E-state index in [4.69, 9.17) is 0 Å². The fourth-order valence-corrected chi connectivity index (χ4v) is 2.44. The molecule has 0 aromatic rings. The van der Waals surface area contributed by atoms with Crippen molar-refractivity contribution >= 4 is 11.8 Å². The van der Waals surface area contributed by atoms with Gasteiger partial charge in [0, 0.05) is 6.54 Å². The third-order valence-corrected chi connectivity index (χ3v) is 3.09. The predicted molar refractivity (Wildman–Crippen MR) is 51.5 cm³/mol. The van der Waals surface area contributed by atoms with Gasteiger partial charge in [-0.15, -0.1) is 6.58 Å². The topological polar surface area (TPSA) is 49.4 Å². The molecule has 1 atom stereocenters. The summed E-state index contributed by atoms with van der Waals surface area (Å²) in [5.41, 5.74) is -0.614. The van der Waals surface area contributed by atoms with Gasteiger partial charge in [-0.2, -0.15) is 0 Å². The van der Waals surface area contributed by atoms with Gasteiger partial charge in [0.25, 0.3) is 0 Å². The fourth-order valence-electron chi connectivity index (χ4n) is 2.44. The van der Waals surface area contributed by atoms with E-state index in [0.717, 1.165) is 12.8 Å². The van der Waals surface area contributed by atoms with E-state index < -0.39 is 5.54 Å². The minimum atomic E-state index is -0.614. The van der Waals surface area contributed by atoms with Gasteiger partial charge in [-0.3, -0.25) is 9.59 Å². The number of piperazine rings is 1. The summed E-state index contributed by atoms with van der Waals surface area (Å²) in [6, 6.07) is 0. The van der Waals surface area contributed by atoms with Crippen LogP contribution in [-0.4, -0.2) is 35.3 Å². The maximum Gasteiger partial charge on any atom is 0.246 e. The second kappa shape index (κ2) is 3.12. The number of nitrogens with zero attached hydrogens (tertiary/aromatic N) is 1. The van der Waals surface area contributed by atoms with E-state index in [9.17, 15) is 9.59 Å². The number of fused-ring (bicyclic) bond motifs is 1. The molecule has 2 saturated heterocycles. The Morgan fingerprint density at radius 2 is 2.36 bits per heavy atom. The lowest BCUT2D eigenvalue weighted by Gasteiger charge is -2.40. The molecular formula is C10H14N2O2. The normalized spacial score (nSPS) is 31.3. The molecule has 1 N–H and O–H groups in total. The van der Waals surface area contributed by atoms with Gasteiger partial charge in [-0.05, 0) is 19.3 Å². The summed E-state index contributed by atoms with van der Waals surface area (Å²) in [5, 5.41) is 2.65. The molecule has 0 aromatic heterocycles. The quantitative estimate of drug-likeness (QED) is 0.632. The van der Waals surface area contributed by atoms with Gasteiger partial charge in [0.2, 0.25) is 11.8 Å². The Balaban J connectivity index is 2.34. The molecule has 14 heavy (non-hydrogen) atoms. The van der Waals surface area contributed by atoms with Gasteiger partial charge in [0.1, 0.15) is 5.54 Å². The van der Waals surface area contributed by atoms with E-state index >= 15 is 0 Å². The van der Waals surface area contributed by atoms with Crippen LogP contribution in [0.4, 0.5) is 0 Å². The highest BCUT2D eigenvalue weighted by atomic mass is 16.2. The zero-order chi connectivity index (χ0) is 10.2. The lowest BCUT2D eigenvalue weighted by atomic mass is 9.89. The predicted octanol–water partition coefficient (Wildman–Crippen LogP) is 0.0535. The molecule has 2 aliphatic rings. The highest BCUT2D eigenvalue weighted by Crippen LogP contribution is 2.34. The standard InChI is InChI=1S/C10H14N2O2/c1-2-4-10-5-3-6-12(10)8(13)7-11-9(10)14/h2H,1,3-7H2,(H,11,14). The van der Waals surface area contributed by atoms with Crippen LogP contribution < -0.4 is 5.32 Å². The SMILES string of the molecule is C=CCC12CCCN1C(=O)CNC2=O. The molecule has 2 heterocycles. The van der Waals surface area contributed by atoms with Crippen LogP contribution in [0.3, 0.4) is 0 Å². The molecule has 1 unspecified atom stereocenters. The summed E-state index contributed by atoms with van der Waals surface area (Å²) in [5.74, 6) is 0.0125. The second-order valence-electron chi connectivity index (χ2n) is 3.86. The monoisotopic (exact) mass is 194 g/mol. The van der Waals surface area contributed by atoms with Gasteiger partial charge in [0.05, 0.1) is 6.54 Å². The van der Waals surface area contributed by atoms with Crippen molar-refractivity contribution in [1.82, 2.24) is 10.2 Å². The Hall–Kier alpha value is -1.32. The fraction of sp³-hybridized carbons (Fsp3) is 0.600.